The molecule has 7 heteroatoms. The summed E-state index contributed by atoms with van der Waals surface area (Å²) in [6.07, 6.45) is 2.26. The zero-order chi connectivity index (χ0) is 21.1. The molecule has 3 aromatic rings. The highest BCUT2D eigenvalue weighted by Crippen LogP contribution is 2.30. The van der Waals surface area contributed by atoms with Gasteiger partial charge in [-0.25, -0.2) is 5.43 Å². The molecule has 1 aliphatic rings. The van der Waals surface area contributed by atoms with E-state index in [1.807, 2.05) is 43.3 Å². The third-order valence-electron chi connectivity index (χ3n) is 4.97. The third kappa shape index (κ3) is 4.07. The second-order valence-corrected chi connectivity index (χ2v) is 7.86. The first-order chi connectivity index (χ1) is 14.5. The first-order valence-corrected chi connectivity index (χ1v) is 10.4. The van der Waals surface area contributed by atoms with Crippen LogP contribution < -0.4 is 10.7 Å². The molecule has 2 aromatic carbocycles. The van der Waals surface area contributed by atoms with Crippen molar-refractivity contribution in [3.05, 3.63) is 87.3 Å². The maximum Gasteiger partial charge on any atom is 0.291 e. The lowest BCUT2D eigenvalue weighted by Crippen LogP contribution is -2.22. The van der Waals surface area contributed by atoms with E-state index in [4.69, 9.17) is 4.42 Å². The van der Waals surface area contributed by atoms with Crippen molar-refractivity contribution in [3.63, 3.8) is 0 Å². The Morgan fingerprint density at radius 1 is 1.00 bits per heavy atom. The zero-order valence-corrected chi connectivity index (χ0v) is 18.0. The normalized spacial score (nSPS) is 14.3. The number of amides is 2. The first kappa shape index (κ1) is 20.1. The molecule has 0 unspecified atom stereocenters. The first-order valence-electron chi connectivity index (χ1n) is 9.65. The van der Waals surface area contributed by atoms with Gasteiger partial charge in [-0.15, -0.1) is 0 Å². The van der Waals surface area contributed by atoms with E-state index in [0.29, 0.717) is 22.1 Å². The number of carbonyl (C=O) groups excluding carboxylic acids is 2. The fourth-order valence-electron chi connectivity index (χ4n) is 3.53. The minimum atomic E-state index is -0.301. The molecular weight excluding hydrogens is 446 g/mol. The minimum absolute atomic E-state index is 0.274. The molecule has 4 rings (SSSR count). The lowest BCUT2D eigenvalue weighted by atomic mass is 9.93. The van der Waals surface area contributed by atoms with Gasteiger partial charge >= 0.3 is 0 Å². The molecule has 30 heavy (non-hydrogen) atoms. The molecule has 152 valence electrons. The molecule has 2 amide bonds. The Kier molecular flexibility index (Phi) is 5.81. The van der Waals surface area contributed by atoms with E-state index in [2.05, 4.69) is 31.8 Å². The molecule has 0 atom stereocenters. The van der Waals surface area contributed by atoms with Crippen molar-refractivity contribution in [2.45, 2.75) is 26.2 Å². The zero-order valence-electron chi connectivity index (χ0n) is 16.4. The van der Waals surface area contributed by atoms with E-state index in [9.17, 15) is 9.59 Å². The van der Waals surface area contributed by atoms with Crippen LogP contribution in [0, 0.1) is 6.92 Å². The van der Waals surface area contributed by atoms with Crippen molar-refractivity contribution in [2.75, 3.05) is 5.32 Å². The van der Waals surface area contributed by atoms with Crippen molar-refractivity contribution >= 4 is 39.1 Å². The van der Waals surface area contributed by atoms with E-state index in [0.717, 1.165) is 35.4 Å². The van der Waals surface area contributed by atoms with Gasteiger partial charge in [-0.3, -0.25) is 9.59 Å². The second kappa shape index (κ2) is 8.67. The molecule has 6 nitrogen and oxygen atoms in total. The molecule has 0 fully saturated rings. The number of carbonyl (C=O) groups is 2. The van der Waals surface area contributed by atoms with Gasteiger partial charge < -0.3 is 9.73 Å². The number of fused-ring (bicyclic) bond motifs is 1. The predicted molar refractivity (Wildman–Crippen MR) is 119 cm³/mol. The van der Waals surface area contributed by atoms with E-state index in [-0.39, 0.29) is 17.6 Å². The highest BCUT2D eigenvalue weighted by atomic mass is 79.9. The van der Waals surface area contributed by atoms with Crippen LogP contribution in [0.2, 0.25) is 0 Å². The van der Waals surface area contributed by atoms with Crippen molar-refractivity contribution in [1.82, 2.24) is 5.43 Å². The number of nitrogens with zero attached hydrogens (tertiary/aromatic N) is 1. The molecule has 0 spiro atoms. The Labute approximate surface area is 182 Å². The van der Waals surface area contributed by atoms with Gasteiger partial charge in [-0.2, -0.15) is 5.10 Å². The molecule has 0 aliphatic heterocycles. The summed E-state index contributed by atoms with van der Waals surface area (Å²) in [7, 11) is 0. The summed E-state index contributed by atoms with van der Waals surface area (Å²) in [6, 6.07) is 16.4. The van der Waals surface area contributed by atoms with Gasteiger partial charge in [0.15, 0.2) is 5.76 Å². The van der Waals surface area contributed by atoms with Crippen LogP contribution in [0.25, 0.3) is 0 Å². The topological polar surface area (TPSA) is 83.7 Å². The van der Waals surface area contributed by atoms with Crippen LogP contribution in [-0.4, -0.2) is 17.5 Å². The standard InChI is InChI=1S/C23H20BrN3O3/c1-14-20-18(26-27-22(28)16-10-5-6-11-17(16)24)12-7-13-19(20)30-21(14)23(29)25-15-8-3-2-4-9-15/h2-6,8-11H,7,12-13H2,1H3,(H,25,29)(H,27,28)/b26-18+. The average Bonchev–Trinajstić information content (AvgIpc) is 3.10. The Morgan fingerprint density at radius 2 is 1.73 bits per heavy atom. The van der Waals surface area contributed by atoms with Crippen molar-refractivity contribution < 1.29 is 14.0 Å². The van der Waals surface area contributed by atoms with E-state index < -0.39 is 0 Å². The molecule has 0 saturated carbocycles. The number of rotatable bonds is 4. The van der Waals surface area contributed by atoms with Crippen LogP contribution in [-0.2, 0) is 6.42 Å². The smallest absolute Gasteiger partial charge is 0.291 e. The summed E-state index contributed by atoms with van der Waals surface area (Å²) in [4.78, 5) is 25.2. The molecule has 2 N–H and O–H groups in total. The maximum atomic E-state index is 12.7. The number of hydrogen-bond acceptors (Lipinski definition) is 4. The fraction of sp³-hybridized carbons (Fsp3) is 0.174. The second-order valence-electron chi connectivity index (χ2n) is 7.01. The van der Waals surface area contributed by atoms with Crippen LogP contribution in [0.3, 0.4) is 0 Å². The van der Waals surface area contributed by atoms with E-state index in [1.165, 1.54) is 0 Å². The fourth-order valence-corrected chi connectivity index (χ4v) is 3.99. The molecule has 0 saturated heterocycles. The summed E-state index contributed by atoms with van der Waals surface area (Å²) in [6.45, 7) is 1.85. The summed E-state index contributed by atoms with van der Waals surface area (Å²) in [5.41, 5.74) is 6.10. The number of halogens is 1. The highest BCUT2D eigenvalue weighted by Gasteiger charge is 2.28. The van der Waals surface area contributed by atoms with E-state index in [1.54, 1.807) is 18.2 Å². The minimum Gasteiger partial charge on any atom is -0.455 e. The Balaban J connectivity index is 1.58. The Bertz CT molecular complexity index is 1140. The van der Waals surface area contributed by atoms with Crippen LogP contribution in [0.15, 0.2) is 68.6 Å². The van der Waals surface area contributed by atoms with Gasteiger partial charge in [-0.1, -0.05) is 30.3 Å². The van der Waals surface area contributed by atoms with Gasteiger partial charge in [-0.05, 0) is 60.0 Å². The molecule has 1 heterocycles. The molecule has 0 bridgehead atoms. The van der Waals surface area contributed by atoms with Gasteiger partial charge in [0.1, 0.15) is 5.76 Å². The highest BCUT2D eigenvalue weighted by molar-refractivity contribution is 9.10. The van der Waals surface area contributed by atoms with Crippen molar-refractivity contribution in [3.8, 4) is 0 Å². The van der Waals surface area contributed by atoms with E-state index >= 15 is 0 Å². The quantitative estimate of drug-likeness (QED) is 0.527. The lowest BCUT2D eigenvalue weighted by molar-refractivity contribution is 0.0952. The largest absolute Gasteiger partial charge is 0.455 e. The lowest BCUT2D eigenvalue weighted by Gasteiger charge is -2.13. The number of benzene rings is 2. The summed E-state index contributed by atoms with van der Waals surface area (Å²) < 4.78 is 6.60. The summed E-state index contributed by atoms with van der Waals surface area (Å²) in [5, 5.41) is 7.22. The molecular formula is C23H20BrN3O3. The number of aryl methyl sites for hydroxylation is 1. The summed E-state index contributed by atoms with van der Waals surface area (Å²) in [5.74, 6) is 0.399. The van der Waals surface area contributed by atoms with Gasteiger partial charge in [0, 0.05) is 27.7 Å². The predicted octanol–water partition coefficient (Wildman–Crippen LogP) is 5.07. The number of nitrogens with one attached hydrogen (secondary N) is 2. The van der Waals surface area contributed by atoms with Crippen LogP contribution >= 0.6 is 15.9 Å². The Hall–Kier alpha value is -3.19. The monoisotopic (exact) mass is 465 g/mol. The van der Waals surface area contributed by atoms with Gasteiger partial charge in [0.2, 0.25) is 0 Å². The number of para-hydroxylation sites is 1. The van der Waals surface area contributed by atoms with Gasteiger partial charge in [0.05, 0.1) is 11.3 Å². The maximum absolute atomic E-state index is 12.7. The number of anilines is 1. The number of furan rings is 1. The molecule has 0 radical (unpaired) electrons. The summed E-state index contributed by atoms with van der Waals surface area (Å²) >= 11 is 3.38. The molecule has 1 aliphatic carbocycles. The Morgan fingerprint density at radius 3 is 2.50 bits per heavy atom. The van der Waals surface area contributed by atoms with Crippen LogP contribution in [0.4, 0.5) is 5.69 Å². The number of hydrazone groups is 1. The van der Waals surface area contributed by atoms with Crippen LogP contribution in [0.5, 0.6) is 0 Å². The van der Waals surface area contributed by atoms with Crippen molar-refractivity contribution in [2.24, 2.45) is 5.10 Å². The van der Waals surface area contributed by atoms with Gasteiger partial charge in [0.25, 0.3) is 11.8 Å². The average molecular weight is 466 g/mol. The number of hydrogen-bond donors (Lipinski definition) is 2. The van der Waals surface area contributed by atoms with Crippen LogP contribution in [0.1, 0.15) is 50.6 Å². The SMILES string of the molecule is Cc1c(C(=O)Nc2ccccc2)oc2c1/C(=N/NC(=O)c1ccccc1Br)CCC2. The third-order valence-corrected chi connectivity index (χ3v) is 5.67. The van der Waals surface area contributed by atoms with Crippen molar-refractivity contribution in [1.29, 1.82) is 0 Å². The molecule has 1 aromatic heterocycles.